The van der Waals surface area contributed by atoms with Gasteiger partial charge in [-0.05, 0) is 42.8 Å². The van der Waals surface area contributed by atoms with Crippen LogP contribution in [0, 0.1) is 6.92 Å². The summed E-state index contributed by atoms with van der Waals surface area (Å²) in [4.78, 5) is 15.2. The van der Waals surface area contributed by atoms with Crippen LogP contribution in [0.2, 0.25) is 0 Å². The summed E-state index contributed by atoms with van der Waals surface area (Å²) in [5, 5.41) is 12.0. The third kappa shape index (κ3) is 2.33. The SMILES string of the molecule is Cc1cccc(Nc2nc3ccc(C(=O)O)cc3o2)c1. The van der Waals surface area contributed by atoms with Crippen molar-refractivity contribution >= 4 is 28.8 Å². The lowest BCUT2D eigenvalue weighted by molar-refractivity contribution is 0.0697. The van der Waals surface area contributed by atoms with E-state index in [1.807, 2.05) is 31.2 Å². The minimum Gasteiger partial charge on any atom is -0.478 e. The third-order valence-electron chi connectivity index (χ3n) is 2.90. The van der Waals surface area contributed by atoms with E-state index in [0.29, 0.717) is 17.1 Å². The summed E-state index contributed by atoms with van der Waals surface area (Å²) in [5.41, 5.74) is 3.23. The van der Waals surface area contributed by atoms with E-state index in [2.05, 4.69) is 10.3 Å². The maximum atomic E-state index is 10.9. The highest BCUT2D eigenvalue weighted by Gasteiger charge is 2.09. The van der Waals surface area contributed by atoms with Gasteiger partial charge in [0, 0.05) is 5.69 Å². The van der Waals surface area contributed by atoms with Gasteiger partial charge in [0.1, 0.15) is 5.52 Å². The number of fused-ring (bicyclic) bond motifs is 1. The number of nitrogens with zero attached hydrogens (tertiary/aromatic N) is 1. The Labute approximate surface area is 114 Å². The fourth-order valence-corrected chi connectivity index (χ4v) is 1.96. The summed E-state index contributed by atoms with van der Waals surface area (Å²) < 4.78 is 5.52. The van der Waals surface area contributed by atoms with Crippen molar-refractivity contribution in [2.24, 2.45) is 0 Å². The number of nitrogens with one attached hydrogen (secondary N) is 1. The van der Waals surface area contributed by atoms with E-state index in [-0.39, 0.29) is 5.56 Å². The highest BCUT2D eigenvalue weighted by Crippen LogP contribution is 2.23. The van der Waals surface area contributed by atoms with E-state index in [9.17, 15) is 4.79 Å². The molecule has 0 amide bonds. The number of carbonyl (C=O) groups is 1. The summed E-state index contributed by atoms with van der Waals surface area (Å²) in [6, 6.07) is 12.7. The van der Waals surface area contributed by atoms with Crippen molar-refractivity contribution < 1.29 is 14.3 Å². The zero-order valence-corrected chi connectivity index (χ0v) is 10.8. The van der Waals surface area contributed by atoms with Gasteiger partial charge < -0.3 is 14.8 Å². The smallest absolute Gasteiger partial charge is 0.335 e. The molecule has 20 heavy (non-hydrogen) atoms. The van der Waals surface area contributed by atoms with E-state index in [4.69, 9.17) is 9.52 Å². The molecule has 2 aromatic carbocycles. The van der Waals surface area contributed by atoms with E-state index < -0.39 is 5.97 Å². The number of hydrogen-bond donors (Lipinski definition) is 2. The first kappa shape index (κ1) is 12.2. The zero-order chi connectivity index (χ0) is 14.1. The van der Waals surface area contributed by atoms with Gasteiger partial charge in [-0.2, -0.15) is 4.98 Å². The monoisotopic (exact) mass is 268 g/mol. The van der Waals surface area contributed by atoms with Gasteiger partial charge in [0.15, 0.2) is 5.58 Å². The first-order valence-electron chi connectivity index (χ1n) is 6.09. The molecule has 0 spiro atoms. The van der Waals surface area contributed by atoms with Gasteiger partial charge in [-0.1, -0.05) is 12.1 Å². The van der Waals surface area contributed by atoms with Crippen molar-refractivity contribution in [2.45, 2.75) is 6.92 Å². The van der Waals surface area contributed by atoms with Crippen molar-refractivity contribution in [1.82, 2.24) is 4.98 Å². The van der Waals surface area contributed by atoms with Crippen LogP contribution in [0.5, 0.6) is 0 Å². The molecule has 0 unspecified atom stereocenters. The summed E-state index contributed by atoms with van der Waals surface area (Å²) >= 11 is 0. The molecule has 2 N–H and O–H groups in total. The fourth-order valence-electron chi connectivity index (χ4n) is 1.96. The standard InChI is InChI=1S/C15H12N2O3/c1-9-3-2-4-11(7-9)16-15-17-12-6-5-10(14(18)19)8-13(12)20-15/h2-8H,1H3,(H,16,17)(H,18,19). The molecule has 0 saturated heterocycles. The molecule has 1 heterocycles. The van der Waals surface area contributed by atoms with E-state index >= 15 is 0 Å². The molecule has 0 fully saturated rings. The van der Waals surface area contributed by atoms with Crippen molar-refractivity contribution in [1.29, 1.82) is 0 Å². The minimum atomic E-state index is -0.989. The summed E-state index contributed by atoms with van der Waals surface area (Å²) in [6.07, 6.45) is 0. The predicted octanol–water partition coefficient (Wildman–Crippen LogP) is 3.58. The Balaban J connectivity index is 1.95. The number of benzene rings is 2. The Morgan fingerprint density at radius 3 is 2.85 bits per heavy atom. The average molecular weight is 268 g/mol. The van der Waals surface area contributed by atoms with Gasteiger partial charge in [-0.15, -0.1) is 0 Å². The molecule has 100 valence electrons. The molecule has 5 heteroatoms. The Kier molecular flexibility index (Phi) is 2.87. The molecule has 0 aliphatic heterocycles. The third-order valence-corrected chi connectivity index (χ3v) is 2.90. The minimum absolute atomic E-state index is 0.177. The lowest BCUT2D eigenvalue weighted by atomic mass is 10.2. The molecule has 0 atom stereocenters. The van der Waals surface area contributed by atoms with Gasteiger partial charge in [0.25, 0.3) is 6.01 Å². The molecule has 5 nitrogen and oxygen atoms in total. The van der Waals surface area contributed by atoms with E-state index in [1.165, 1.54) is 12.1 Å². The quantitative estimate of drug-likeness (QED) is 0.759. The first-order chi connectivity index (χ1) is 9.61. The number of anilines is 2. The van der Waals surface area contributed by atoms with Crippen LogP contribution in [0.3, 0.4) is 0 Å². The molecule has 0 saturated carbocycles. The van der Waals surface area contributed by atoms with Crippen LogP contribution in [0.1, 0.15) is 15.9 Å². The zero-order valence-electron chi connectivity index (χ0n) is 10.8. The van der Waals surface area contributed by atoms with Crippen LogP contribution in [-0.4, -0.2) is 16.1 Å². The molecule has 3 rings (SSSR count). The number of aryl methyl sites for hydroxylation is 1. The Bertz CT molecular complexity index is 793. The number of rotatable bonds is 3. The summed E-state index contributed by atoms with van der Waals surface area (Å²) in [5.74, 6) is -0.989. The van der Waals surface area contributed by atoms with Crippen molar-refractivity contribution in [3.8, 4) is 0 Å². The van der Waals surface area contributed by atoms with Gasteiger partial charge >= 0.3 is 5.97 Å². The predicted molar refractivity (Wildman–Crippen MR) is 75.4 cm³/mol. The molecular weight excluding hydrogens is 256 g/mol. The lowest BCUT2D eigenvalue weighted by Gasteiger charge is -2.01. The maximum absolute atomic E-state index is 10.9. The van der Waals surface area contributed by atoms with Crippen LogP contribution in [-0.2, 0) is 0 Å². The number of hydrogen-bond acceptors (Lipinski definition) is 4. The second-order valence-corrected chi connectivity index (χ2v) is 4.50. The van der Waals surface area contributed by atoms with E-state index in [0.717, 1.165) is 11.3 Å². The highest BCUT2D eigenvalue weighted by molar-refractivity contribution is 5.92. The number of carboxylic acids is 1. The van der Waals surface area contributed by atoms with Crippen molar-refractivity contribution in [3.63, 3.8) is 0 Å². The molecule has 1 aromatic heterocycles. The Morgan fingerprint density at radius 1 is 1.25 bits per heavy atom. The molecule has 0 aliphatic carbocycles. The van der Waals surface area contributed by atoms with Crippen LogP contribution in [0.15, 0.2) is 46.9 Å². The molecule has 0 radical (unpaired) electrons. The number of aromatic carboxylic acids is 1. The normalized spacial score (nSPS) is 10.7. The van der Waals surface area contributed by atoms with Crippen LogP contribution in [0.4, 0.5) is 11.7 Å². The van der Waals surface area contributed by atoms with Gasteiger partial charge in [0.2, 0.25) is 0 Å². The summed E-state index contributed by atoms with van der Waals surface area (Å²) in [6.45, 7) is 2.00. The van der Waals surface area contributed by atoms with Gasteiger partial charge in [0.05, 0.1) is 5.56 Å². The van der Waals surface area contributed by atoms with E-state index in [1.54, 1.807) is 6.07 Å². The first-order valence-corrected chi connectivity index (χ1v) is 6.09. The van der Waals surface area contributed by atoms with Crippen LogP contribution in [0.25, 0.3) is 11.1 Å². The second-order valence-electron chi connectivity index (χ2n) is 4.50. The largest absolute Gasteiger partial charge is 0.478 e. The van der Waals surface area contributed by atoms with Crippen molar-refractivity contribution in [3.05, 3.63) is 53.6 Å². The number of oxazole rings is 1. The Hall–Kier alpha value is -2.82. The Morgan fingerprint density at radius 2 is 2.10 bits per heavy atom. The molecule has 3 aromatic rings. The fraction of sp³-hybridized carbons (Fsp3) is 0.0667. The maximum Gasteiger partial charge on any atom is 0.335 e. The van der Waals surface area contributed by atoms with Crippen molar-refractivity contribution in [2.75, 3.05) is 5.32 Å². The number of carboxylic acid groups (broad SMARTS) is 1. The molecule has 0 bridgehead atoms. The molecular formula is C15H12N2O3. The number of aromatic nitrogens is 1. The van der Waals surface area contributed by atoms with Crippen LogP contribution < -0.4 is 5.32 Å². The topological polar surface area (TPSA) is 75.4 Å². The molecule has 0 aliphatic rings. The van der Waals surface area contributed by atoms with Gasteiger partial charge in [-0.3, -0.25) is 0 Å². The average Bonchev–Trinajstić information content (AvgIpc) is 2.79. The second kappa shape index (κ2) is 4.70. The summed E-state index contributed by atoms with van der Waals surface area (Å²) in [7, 11) is 0. The highest BCUT2D eigenvalue weighted by atomic mass is 16.4. The lowest BCUT2D eigenvalue weighted by Crippen LogP contribution is -1.94. The van der Waals surface area contributed by atoms with Gasteiger partial charge in [-0.25, -0.2) is 4.79 Å². The van der Waals surface area contributed by atoms with Crippen LogP contribution >= 0.6 is 0 Å².